The normalized spacial score (nSPS) is 22.4. The smallest absolute Gasteiger partial charge is 0.227 e. The lowest BCUT2D eigenvalue weighted by Gasteiger charge is -2.17. The van der Waals surface area contributed by atoms with Crippen molar-refractivity contribution in [3.05, 3.63) is 23.8 Å². The molecule has 104 valence electrons. The van der Waals surface area contributed by atoms with Crippen molar-refractivity contribution < 1.29 is 9.53 Å². The molecule has 0 radical (unpaired) electrons. The quantitative estimate of drug-likeness (QED) is 0.784. The number of rotatable bonds is 5. The van der Waals surface area contributed by atoms with Crippen LogP contribution in [0.1, 0.15) is 18.3 Å². The van der Waals surface area contributed by atoms with Crippen molar-refractivity contribution in [2.75, 3.05) is 19.8 Å². The summed E-state index contributed by atoms with van der Waals surface area (Å²) in [6.45, 7) is 6.21. The number of ether oxygens (including phenoxy) is 1. The third-order valence-electron chi connectivity index (χ3n) is 3.16. The van der Waals surface area contributed by atoms with Crippen molar-refractivity contribution in [2.24, 2.45) is 5.92 Å². The predicted molar refractivity (Wildman–Crippen MR) is 70.4 cm³/mol. The lowest BCUT2D eigenvalue weighted by atomic mass is 10.0. The number of aromatic nitrogens is 2. The van der Waals surface area contributed by atoms with E-state index in [0.717, 1.165) is 17.9 Å². The van der Waals surface area contributed by atoms with Gasteiger partial charge in [0.25, 0.3) is 0 Å². The maximum Gasteiger partial charge on any atom is 0.227 e. The Hall–Kier alpha value is -1.53. The number of carbonyl (C=O) groups is 1. The van der Waals surface area contributed by atoms with Gasteiger partial charge in [-0.1, -0.05) is 6.92 Å². The number of likely N-dealkylation sites (N-methyl/N-ethyl adjacent to an activating group) is 1. The van der Waals surface area contributed by atoms with Crippen molar-refractivity contribution in [3.8, 4) is 0 Å². The van der Waals surface area contributed by atoms with Crippen LogP contribution in [0.4, 0.5) is 0 Å². The molecule has 19 heavy (non-hydrogen) atoms. The van der Waals surface area contributed by atoms with Gasteiger partial charge in [-0.25, -0.2) is 0 Å². The Balaban J connectivity index is 1.85. The van der Waals surface area contributed by atoms with Gasteiger partial charge in [0, 0.05) is 12.2 Å². The summed E-state index contributed by atoms with van der Waals surface area (Å²) in [5.74, 6) is -0.121. The molecule has 2 heterocycles. The number of nitrogens with zero attached hydrogens (tertiary/aromatic N) is 2. The van der Waals surface area contributed by atoms with Gasteiger partial charge in [-0.3, -0.25) is 14.8 Å². The van der Waals surface area contributed by atoms with Crippen LogP contribution in [0.25, 0.3) is 0 Å². The fraction of sp³-hybridized carbons (Fsp3) is 0.615. The van der Waals surface area contributed by atoms with Gasteiger partial charge in [-0.05, 0) is 13.5 Å². The van der Waals surface area contributed by atoms with Gasteiger partial charge in [0.1, 0.15) is 0 Å². The highest BCUT2D eigenvalue weighted by molar-refractivity contribution is 5.79. The lowest BCUT2D eigenvalue weighted by molar-refractivity contribution is -0.125. The van der Waals surface area contributed by atoms with Gasteiger partial charge in [0.2, 0.25) is 5.91 Å². The zero-order valence-corrected chi connectivity index (χ0v) is 11.3. The summed E-state index contributed by atoms with van der Waals surface area (Å²) < 4.78 is 5.36. The Morgan fingerprint density at radius 1 is 1.42 bits per heavy atom. The van der Waals surface area contributed by atoms with E-state index in [-0.39, 0.29) is 17.9 Å². The van der Waals surface area contributed by atoms with Crippen LogP contribution in [0.2, 0.25) is 0 Å². The second kappa shape index (κ2) is 6.58. The topological polar surface area (TPSA) is 76.1 Å². The number of hydrogen-bond acceptors (Lipinski definition) is 5. The molecule has 1 amide bonds. The van der Waals surface area contributed by atoms with Crippen LogP contribution in [0.5, 0.6) is 0 Å². The van der Waals surface area contributed by atoms with Gasteiger partial charge >= 0.3 is 0 Å². The van der Waals surface area contributed by atoms with Crippen LogP contribution in [0, 0.1) is 12.8 Å². The molecular formula is C13H20N4O2. The Bertz CT molecular complexity index is 421. The van der Waals surface area contributed by atoms with Crippen LogP contribution >= 0.6 is 0 Å². The summed E-state index contributed by atoms with van der Waals surface area (Å²) in [5, 5.41) is 6.15. The van der Waals surface area contributed by atoms with E-state index in [9.17, 15) is 4.79 Å². The fourth-order valence-electron chi connectivity index (χ4n) is 2.10. The summed E-state index contributed by atoms with van der Waals surface area (Å²) in [4.78, 5) is 20.4. The molecule has 0 saturated carbocycles. The average Bonchev–Trinajstić information content (AvgIpc) is 2.86. The molecule has 0 aromatic carbocycles. The van der Waals surface area contributed by atoms with Gasteiger partial charge in [0.05, 0.1) is 43.3 Å². The number of hydrogen-bond donors (Lipinski definition) is 2. The molecule has 1 aliphatic heterocycles. The largest absolute Gasteiger partial charge is 0.379 e. The summed E-state index contributed by atoms with van der Waals surface area (Å²) in [5.41, 5.74) is 1.63. The number of amides is 1. The SMILES string of the molecule is CCNC1COCC1C(=O)NCc1cnc(C)cn1. The molecule has 6 heteroatoms. The zero-order valence-electron chi connectivity index (χ0n) is 11.3. The minimum Gasteiger partial charge on any atom is -0.379 e. The molecule has 1 aromatic heterocycles. The minimum atomic E-state index is -0.127. The molecule has 1 saturated heterocycles. The molecule has 0 aliphatic carbocycles. The highest BCUT2D eigenvalue weighted by atomic mass is 16.5. The van der Waals surface area contributed by atoms with E-state index in [1.54, 1.807) is 12.4 Å². The van der Waals surface area contributed by atoms with Gasteiger partial charge in [-0.2, -0.15) is 0 Å². The van der Waals surface area contributed by atoms with Crippen molar-refractivity contribution >= 4 is 5.91 Å². The van der Waals surface area contributed by atoms with Crippen LogP contribution in [-0.4, -0.2) is 41.7 Å². The van der Waals surface area contributed by atoms with Crippen LogP contribution < -0.4 is 10.6 Å². The molecule has 1 fully saturated rings. The first-order chi connectivity index (χ1) is 9.20. The average molecular weight is 264 g/mol. The molecule has 6 nitrogen and oxygen atoms in total. The molecule has 1 aromatic rings. The van der Waals surface area contributed by atoms with Crippen LogP contribution in [0.15, 0.2) is 12.4 Å². The van der Waals surface area contributed by atoms with Crippen molar-refractivity contribution in [3.63, 3.8) is 0 Å². The predicted octanol–water partition coefficient (Wildman–Crippen LogP) is 0.0257. The van der Waals surface area contributed by atoms with Crippen LogP contribution in [0.3, 0.4) is 0 Å². The molecule has 2 atom stereocenters. The second-order valence-electron chi connectivity index (χ2n) is 4.68. The third-order valence-corrected chi connectivity index (χ3v) is 3.16. The number of nitrogens with one attached hydrogen (secondary N) is 2. The van der Waals surface area contributed by atoms with E-state index in [1.807, 2.05) is 13.8 Å². The maximum atomic E-state index is 12.1. The third kappa shape index (κ3) is 3.71. The number of carbonyl (C=O) groups excluding carboxylic acids is 1. The Labute approximate surface area is 113 Å². The Morgan fingerprint density at radius 2 is 2.26 bits per heavy atom. The van der Waals surface area contributed by atoms with Gasteiger partial charge in [-0.15, -0.1) is 0 Å². The van der Waals surface area contributed by atoms with E-state index in [4.69, 9.17) is 4.74 Å². The first-order valence-electron chi connectivity index (χ1n) is 6.57. The Kier molecular flexibility index (Phi) is 4.81. The monoisotopic (exact) mass is 264 g/mol. The van der Waals surface area contributed by atoms with E-state index >= 15 is 0 Å². The van der Waals surface area contributed by atoms with E-state index in [1.165, 1.54) is 0 Å². The number of aryl methyl sites for hydroxylation is 1. The summed E-state index contributed by atoms with van der Waals surface area (Å²) in [7, 11) is 0. The highest BCUT2D eigenvalue weighted by Crippen LogP contribution is 2.13. The summed E-state index contributed by atoms with van der Waals surface area (Å²) in [6, 6.07) is 0.106. The van der Waals surface area contributed by atoms with Crippen molar-refractivity contribution in [1.82, 2.24) is 20.6 Å². The van der Waals surface area contributed by atoms with Crippen molar-refractivity contribution in [2.45, 2.75) is 26.4 Å². The highest BCUT2D eigenvalue weighted by Gasteiger charge is 2.33. The second-order valence-corrected chi connectivity index (χ2v) is 4.68. The first kappa shape index (κ1) is 13.9. The first-order valence-corrected chi connectivity index (χ1v) is 6.57. The maximum absolute atomic E-state index is 12.1. The van der Waals surface area contributed by atoms with E-state index in [2.05, 4.69) is 20.6 Å². The van der Waals surface area contributed by atoms with E-state index in [0.29, 0.717) is 19.8 Å². The molecule has 2 unspecified atom stereocenters. The molecule has 2 rings (SSSR count). The van der Waals surface area contributed by atoms with Crippen LogP contribution in [-0.2, 0) is 16.1 Å². The molecule has 0 bridgehead atoms. The molecule has 0 spiro atoms. The summed E-state index contributed by atoms with van der Waals surface area (Å²) in [6.07, 6.45) is 3.38. The fourth-order valence-corrected chi connectivity index (χ4v) is 2.10. The van der Waals surface area contributed by atoms with Gasteiger partial charge in [0.15, 0.2) is 0 Å². The van der Waals surface area contributed by atoms with E-state index < -0.39 is 0 Å². The minimum absolute atomic E-state index is 0.00539. The van der Waals surface area contributed by atoms with Crippen molar-refractivity contribution in [1.29, 1.82) is 0 Å². The summed E-state index contributed by atoms with van der Waals surface area (Å²) >= 11 is 0. The molecule has 1 aliphatic rings. The molecule has 2 N–H and O–H groups in total. The lowest BCUT2D eigenvalue weighted by Crippen LogP contribution is -2.43. The standard InChI is InChI=1S/C13H20N4O2/c1-3-14-12-8-19-7-11(12)13(18)17-6-10-5-15-9(2)4-16-10/h4-5,11-12,14H,3,6-8H2,1-2H3,(H,17,18). The zero-order chi connectivity index (χ0) is 13.7. The van der Waals surface area contributed by atoms with Gasteiger partial charge < -0.3 is 15.4 Å². The Morgan fingerprint density at radius 3 is 2.95 bits per heavy atom. The molecular weight excluding hydrogens is 244 g/mol.